The Balaban J connectivity index is 4.04. The van der Waals surface area contributed by atoms with Gasteiger partial charge in [0.2, 0.25) is 0 Å². The molecule has 0 aliphatic rings. The van der Waals surface area contributed by atoms with Gasteiger partial charge in [0.15, 0.2) is 5.11 Å². The Morgan fingerprint density at radius 1 is 1.36 bits per heavy atom. The lowest BCUT2D eigenvalue weighted by Gasteiger charge is -2.20. The lowest BCUT2D eigenvalue weighted by Crippen LogP contribution is -2.41. The van der Waals surface area contributed by atoms with E-state index >= 15 is 0 Å². The Morgan fingerprint density at radius 3 is 2.21 bits per heavy atom. The van der Waals surface area contributed by atoms with Crippen LogP contribution in [0.25, 0.3) is 0 Å². The van der Waals surface area contributed by atoms with Crippen LogP contribution in [0, 0.1) is 28.6 Å². The van der Waals surface area contributed by atoms with Crippen LogP contribution in [0.5, 0.6) is 0 Å². The molecule has 0 unspecified atom stereocenters. The molecule has 0 spiro atoms. The van der Waals surface area contributed by atoms with E-state index in [-0.39, 0.29) is 13.1 Å². The molecule has 0 saturated heterocycles. The van der Waals surface area contributed by atoms with Crippen molar-refractivity contribution in [3.8, 4) is 12.1 Å². The first-order chi connectivity index (χ1) is 6.61. The molecule has 0 aliphatic carbocycles. The zero-order valence-corrected chi connectivity index (χ0v) is 9.27. The molecule has 0 aromatic rings. The number of nitrogens with zero attached hydrogens (tertiary/aromatic N) is 3. The summed E-state index contributed by atoms with van der Waals surface area (Å²) in [5, 5.41) is 20.5. The third kappa shape index (κ3) is 5.34. The highest BCUT2D eigenvalue weighted by molar-refractivity contribution is 7.80. The molecule has 0 amide bonds. The van der Waals surface area contributed by atoms with Crippen molar-refractivity contribution < 1.29 is 0 Å². The molecule has 0 saturated carbocycles. The van der Waals surface area contributed by atoms with Gasteiger partial charge in [0.05, 0.1) is 12.1 Å². The predicted octanol–water partition coefficient (Wildman–Crippen LogP) is 0.866. The van der Waals surface area contributed by atoms with E-state index in [1.54, 1.807) is 0 Å². The van der Waals surface area contributed by atoms with Crippen molar-refractivity contribution >= 4 is 17.3 Å². The van der Waals surface area contributed by atoms with E-state index in [0.717, 1.165) is 6.54 Å². The molecule has 14 heavy (non-hydrogen) atoms. The van der Waals surface area contributed by atoms with Crippen molar-refractivity contribution in [2.24, 2.45) is 5.92 Å². The molecule has 5 heteroatoms. The van der Waals surface area contributed by atoms with Crippen LogP contribution in [-0.2, 0) is 0 Å². The molecule has 0 heterocycles. The summed E-state index contributed by atoms with van der Waals surface area (Å²) in [5.41, 5.74) is 0. The van der Waals surface area contributed by atoms with Crippen LogP contribution in [0.2, 0.25) is 0 Å². The largest absolute Gasteiger partial charge is 0.362 e. The molecular weight excluding hydrogens is 196 g/mol. The summed E-state index contributed by atoms with van der Waals surface area (Å²) in [7, 11) is 0. The smallest absolute Gasteiger partial charge is 0.170 e. The van der Waals surface area contributed by atoms with Crippen molar-refractivity contribution in [1.82, 2.24) is 10.2 Å². The summed E-state index contributed by atoms with van der Waals surface area (Å²) >= 11 is 5.04. The number of nitrogens with one attached hydrogen (secondary N) is 1. The van der Waals surface area contributed by atoms with Crippen molar-refractivity contribution in [1.29, 1.82) is 10.5 Å². The normalized spacial score (nSPS) is 8.93. The number of rotatable bonds is 4. The topological polar surface area (TPSA) is 62.9 Å². The van der Waals surface area contributed by atoms with Crippen LogP contribution in [0.1, 0.15) is 13.8 Å². The zero-order chi connectivity index (χ0) is 11.0. The molecule has 0 aromatic carbocycles. The van der Waals surface area contributed by atoms with Gasteiger partial charge in [0.1, 0.15) is 13.1 Å². The predicted molar refractivity (Wildman–Crippen MR) is 58.2 cm³/mol. The maximum Gasteiger partial charge on any atom is 0.170 e. The van der Waals surface area contributed by atoms with Gasteiger partial charge in [-0.05, 0) is 18.1 Å². The van der Waals surface area contributed by atoms with E-state index in [1.807, 2.05) is 12.1 Å². The highest BCUT2D eigenvalue weighted by Crippen LogP contribution is 1.92. The molecule has 0 rings (SSSR count). The van der Waals surface area contributed by atoms with E-state index in [4.69, 9.17) is 22.7 Å². The van der Waals surface area contributed by atoms with Crippen LogP contribution in [0.3, 0.4) is 0 Å². The second-order valence-electron chi connectivity index (χ2n) is 3.25. The molecule has 0 bridgehead atoms. The Kier molecular flexibility index (Phi) is 6.43. The third-order valence-electron chi connectivity index (χ3n) is 1.47. The van der Waals surface area contributed by atoms with Crippen LogP contribution in [-0.4, -0.2) is 29.6 Å². The molecular formula is C9H14N4S. The van der Waals surface area contributed by atoms with Gasteiger partial charge < -0.3 is 10.2 Å². The second-order valence-corrected chi connectivity index (χ2v) is 3.64. The molecule has 0 aromatic heterocycles. The van der Waals surface area contributed by atoms with Gasteiger partial charge in [-0.2, -0.15) is 10.5 Å². The fourth-order valence-corrected chi connectivity index (χ4v) is 0.986. The minimum absolute atomic E-state index is 0.150. The van der Waals surface area contributed by atoms with Crippen LogP contribution in [0.15, 0.2) is 0 Å². The van der Waals surface area contributed by atoms with Gasteiger partial charge >= 0.3 is 0 Å². The van der Waals surface area contributed by atoms with E-state index in [9.17, 15) is 0 Å². The quantitative estimate of drug-likeness (QED) is 0.551. The molecule has 0 atom stereocenters. The van der Waals surface area contributed by atoms with E-state index in [1.165, 1.54) is 4.90 Å². The number of nitriles is 2. The third-order valence-corrected chi connectivity index (χ3v) is 1.87. The van der Waals surface area contributed by atoms with Crippen molar-refractivity contribution in [3.05, 3.63) is 0 Å². The fourth-order valence-electron chi connectivity index (χ4n) is 0.773. The summed E-state index contributed by atoms with van der Waals surface area (Å²) in [5.74, 6) is 0.485. The fraction of sp³-hybridized carbons (Fsp3) is 0.667. The van der Waals surface area contributed by atoms with E-state index in [0.29, 0.717) is 11.0 Å². The highest BCUT2D eigenvalue weighted by atomic mass is 32.1. The summed E-state index contributed by atoms with van der Waals surface area (Å²) in [6.07, 6.45) is 0. The van der Waals surface area contributed by atoms with Crippen LogP contribution >= 0.6 is 12.2 Å². The van der Waals surface area contributed by atoms with Crippen molar-refractivity contribution in [3.63, 3.8) is 0 Å². The number of hydrogen-bond acceptors (Lipinski definition) is 3. The monoisotopic (exact) mass is 210 g/mol. The summed E-state index contributed by atoms with van der Waals surface area (Å²) in [4.78, 5) is 1.54. The molecule has 0 radical (unpaired) electrons. The first-order valence-corrected chi connectivity index (χ1v) is 4.79. The van der Waals surface area contributed by atoms with E-state index in [2.05, 4.69) is 19.2 Å². The average Bonchev–Trinajstić information content (AvgIpc) is 2.14. The highest BCUT2D eigenvalue weighted by Gasteiger charge is 2.07. The summed E-state index contributed by atoms with van der Waals surface area (Å²) in [6, 6.07) is 3.94. The Hall–Kier alpha value is -1.33. The molecule has 4 nitrogen and oxygen atoms in total. The summed E-state index contributed by atoms with van der Waals surface area (Å²) in [6.45, 7) is 5.18. The molecule has 0 aliphatic heterocycles. The van der Waals surface area contributed by atoms with Gasteiger partial charge in [-0.25, -0.2) is 0 Å². The molecule has 1 N–H and O–H groups in total. The second kappa shape index (κ2) is 7.11. The lowest BCUT2D eigenvalue weighted by atomic mass is 10.2. The average molecular weight is 210 g/mol. The lowest BCUT2D eigenvalue weighted by molar-refractivity contribution is 0.498. The van der Waals surface area contributed by atoms with Crippen molar-refractivity contribution in [2.45, 2.75) is 13.8 Å². The molecule has 0 fully saturated rings. The summed E-state index contributed by atoms with van der Waals surface area (Å²) < 4.78 is 0. The maximum atomic E-state index is 8.50. The van der Waals surface area contributed by atoms with Gasteiger partial charge in [0, 0.05) is 6.54 Å². The standard InChI is InChI=1S/C9H14N4S/c1-8(2)7-12-9(14)13(5-3-10)6-4-11/h8H,5-7H2,1-2H3,(H,12,14). The maximum absolute atomic E-state index is 8.50. The van der Waals surface area contributed by atoms with Crippen LogP contribution < -0.4 is 5.32 Å². The van der Waals surface area contributed by atoms with Crippen LogP contribution in [0.4, 0.5) is 0 Å². The Bertz CT molecular complexity index is 245. The molecule has 76 valence electrons. The number of thiocarbonyl (C=S) groups is 1. The van der Waals surface area contributed by atoms with Gasteiger partial charge in [-0.3, -0.25) is 0 Å². The first kappa shape index (κ1) is 12.7. The van der Waals surface area contributed by atoms with Gasteiger partial charge in [-0.1, -0.05) is 13.8 Å². The minimum Gasteiger partial charge on any atom is -0.362 e. The zero-order valence-electron chi connectivity index (χ0n) is 8.45. The Morgan fingerprint density at radius 2 is 1.86 bits per heavy atom. The van der Waals surface area contributed by atoms with Crippen molar-refractivity contribution in [2.75, 3.05) is 19.6 Å². The van der Waals surface area contributed by atoms with Gasteiger partial charge in [-0.15, -0.1) is 0 Å². The first-order valence-electron chi connectivity index (χ1n) is 4.38. The minimum atomic E-state index is 0.150. The van der Waals surface area contributed by atoms with E-state index < -0.39 is 0 Å². The number of hydrogen-bond donors (Lipinski definition) is 1. The van der Waals surface area contributed by atoms with Gasteiger partial charge in [0.25, 0.3) is 0 Å². The SMILES string of the molecule is CC(C)CNC(=S)N(CC#N)CC#N. The Labute approximate surface area is 90.1 Å².